The smallest absolute Gasteiger partial charge is 0.226 e. The van der Waals surface area contributed by atoms with Gasteiger partial charge >= 0.3 is 0 Å². The summed E-state index contributed by atoms with van der Waals surface area (Å²) in [5.41, 5.74) is 0. The van der Waals surface area contributed by atoms with E-state index in [1.165, 1.54) is 32.1 Å². The maximum Gasteiger partial charge on any atom is 0.226 e. The normalized spacial score (nSPS) is 40.3. The first kappa shape index (κ1) is 14.6. The number of halogens is 1. The van der Waals surface area contributed by atoms with E-state index in [0.717, 1.165) is 50.2 Å². The van der Waals surface area contributed by atoms with Crippen LogP contribution in [-0.2, 0) is 4.79 Å². The molecule has 3 nitrogen and oxygen atoms in total. The number of nitrogens with one attached hydrogen (secondary N) is 1. The van der Waals surface area contributed by atoms with Crippen LogP contribution in [0.15, 0.2) is 0 Å². The van der Waals surface area contributed by atoms with Crippen LogP contribution in [0.25, 0.3) is 0 Å². The lowest BCUT2D eigenvalue weighted by Crippen LogP contribution is -2.47. The number of fused-ring (bicyclic) bond motifs is 1. The Morgan fingerprint density at radius 3 is 2.15 bits per heavy atom. The van der Waals surface area contributed by atoms with Crippen molar-refractivity contribution < 1.29 is 4.79 Å². The first-order chi connectivity index (χ1) is 9.29. The molecule has 0 aromatic heterocycles. The number of nitrogens with zero attached hydrogens (tertiary/aromatic N) is 1. The number of hydrogen-bond donors (Lipinski definition) is 1. The molecule has 114 valence electrons. The third-order valence-electron chi connectivity index (χ3n) is 6.08. The van der Waals surface area contributed by atoms with E-state index in [1.807, 2.05) is 0 Å². The van der Waals surface area contributed by atoms with E-state index in [2.05, 4.69) is 10.2 Å². The standard InChI is InChI=1S/C16H26N2O.ClH/c19-16(14-1-3-17-4-2-14)18-10-13-6-11-5-12(7-13)9-15(18)8-11;/h11-15,17H,1-10H2;1H. The van der Waals surface area contributed by atoms with Gasteiger partial charge in [0.1, 0.15) is 0 Å². The summed E-state index contributed by atoms with van der Waals surface area (Å²) in [6, 6.07) is 0.596. The van der Waals surface area contributed by atoms with Gasteiger partial charge in [-0.1, -0.05) is 0 Å². The Labute approximate surface area is 128 Å². The van der Waals surface area contributed by atoms with E-state index in [4.69, 9.17) is 0 Å². The molecular weight excluding hydrogens is 272 g/mol. The van der Waals surface area contributed by atoms with Crippen LogP contribution in [0.4, 0.5) is 0 Å². The monoisotopic (exact) mass is 298 g/mol. The summed E-state index contributed by atoms with van der Waals surface area (Å²) in [5, 5.41) is 3.37. The fraction of sp³-hybridized carbons (Fsp3) is 0.938. The van der Waals surface area contributed by atoms with Crippen molar-refractivity contribution in [2.45, 2.75) is 51.0 Å². The molecule has 3 saturated heterocycles. The Hall–Kier alpha value is -0.280. The molecule has 5 aliphatic rings. The van der Waals surface area contributed by atoms with E-state index in [0.29, 0.717) is 17.9 Å². The van der Waals surface area contributed by atoms with E-state index in [-0.39, 0.29) is 12.4 Å². The van der Waals surface area contributed by atoms with Crippen LogP contribution < -0.4 is 5.32 Å². The van der Waals surface area contributed by atoms with E-state index in [1.54, 1.807) is 0 Å². The SMILES string of the molecule is Cl.O=C(C1CCNCC1)N1CC2CC3CC(C2)CC1C3. The summed E-state index contributed by atoms with van der Waals surface area (Å²) in [4.78, 5) is 15.2. The molecule has 1 amide bonds. The van der Waals surface area contributed by atoms with Gasteiger partial charge in [-0.25, -0.2) is 0 Å². The van der Waals surface area contributed by atoms with E-state index in [9.17, 15) is 4.79 Å². The zero-order valence-corrected chi connectivity index (χ0v) is 13.0. The summed E-state index contributed by atoms with van der Waals surface area (Å²) in [6.07, 6.45) is 9.00. The number of carbonyl (C=O) groups is 1. The summed E-state index contributed by atoms with van der Waals surface area (Å²) in [5.74, 6) is 3.51. The zero-order chi connectivity index (χ0) is 12.8. The van der Waals surface area contributed by atoms with E-state index < -0.39 is 0 Å². The minimum Gasteiger partial charge on any atom is -0.339 e. The van der Waals surface area contributed by atoms with Crippen molar-refractivity contribution in [2.24, 2.45) is 23.7 Å². The summed E-state index contributed by atoms with van der Waals surface area (Å²) in [7, 11) is 0. The van der Waals surface area contributed by atoms with Crippen LogP contribution in [0.5, 0.6) is 0 Å². The summed E-state index contributed by atoms with van der Waals surface area (Å²) in [6.45, 7) is 3.15. The molecule has 4 bridgehead atoms. The van der Waals surface area contributed by atoms with Crippen molar-refractivity contribution >= 4 is 18.3 Å². The third kappa shape index (κ3) is 2.59. The van der Waals surface area contributed by atoms with Gasteiger partial charge in [-0.2, -0.15) is 0 Å². The van der Waals surface area contributed by atoms with Gasteiger partial charge in [-0.15, -0.1) is 12.4 Å². The Morgan fingerprint density at radius 2 is 1.50 bits per heavy atom. The highest BCUT2D eigenvalue weighted by molar-refractivity contribution is 5.85. The lowest BCUT2D eigenvalue weighted by atomic mass is 9.68. The van der Waals surface area contributed by atoms with Gasteiger partial charge in [0.25, 0.3) is 0 Å². The molecule has 2 unspecified atom stereocenters. The number of carbonyl (C=O) groups excluding carboxylic acids is 1. The van der Waals surface area contributed by atoms with Crippen LogP contribution in [0.1, 0.15) is 44.9 Å². The number of rotatable bonds is 1. The highest BCUT2D eigenvalue weighted by atomic mass is 35.5. The zero-order valence-electron chi connectivity index (χ0n) is 12.2. The highest BCUT2D eigenvalue weighted by Gasteiger charge is 2.44. The quantitative estimate of drug-likeness (QED) is 0.806. The van der Waals surface area contributed by atoms with Crippen LogP contribution in [0.2, 0.25) is 0 Å². The van der Waals surface area contributed by atoms with E-state index >= 15 is 0 Å². The second-order valence-corrected chi connectivity index (χ2v) is 7.45. The number of piperidine rings is 1. The van der Waals surface area contributed by atoms with Crippen LogP contribution in [0, 0.1) is 23.7 Å². The molecule has 2 aliphatic carbocycles. The molecule has 1 N–H and O–H groups in total. The second-order valence-electron chi connectivity index (χ2n) is 7.45. The maximum absolute atomic E-state index is 12.9. The Balaban J connectivity index is 0.00000121. The van der Waals surface area contributed by atoms with Crippen LogP contribution in [0.3, 0.4) is 0 Å². The molecule has 3 heterocycles. The number of amides is 1. The van der Waals surface area contributed by atoms with Gasteiger partial charge in [0.05, 0.1) is 0 Å². The Kier molecular flexibility index (Phi) is 4.28. The van der Waals surface area contributed by atoms with Gasteiger partial charge in [-0.3, -0.25) is 4.79 Å². The largest absolute Gasteiger partial charge is 0.339 e. The fourth-order valence-electron chi connectivity index (χ4n) is 5.36. The van der Waals surface area contributed by atoms with Crippen LogP contribution in [-0.4, -0.2) is 36.5 Å². The van der Waals surface area contributed by atoms with Gasteiger partial charge in [0.15, 0.2) is 0 Å². The predicted molar refractivity (Wildman–Crippen MR) is 81.9 cm³/mol. The maximum atomic E-state index is 12.9. The minimum absolute atomic E-state index is 0. The lowest BCUT2D eigenvalue weighted by Gasteiger charge is -2.39. The molecule has 0 aromatic rings. The molecule has 5 fully saturated rings. The molecule has 5 rings (SSSR count). The first-order valence-corrected chi connectivity index (χ1v) is 8.31. The summed E-state index contributed by atoms with van der Waals surface area (Å²) >= 11 is 0. The van der Waals surface area contributed by atoms with Gasteiger partial charge in [-0.05, 0) is 75.8 Å². The lowest BCUT2D eigenvalue weighted by molar-refractivity contribution is -0.139. The molecule has 20 heavy (non-hydrogen) atoms. The Morgan fingerprint density at radius 1 is 0.900 bits per heavy atom. The summed E-state index contributed by atoms with van der Waals surface area (Å²) < 4.78 is 0. The third-order valence-corrected chi connectivity index (χ3v) is 6.08. The van der Waals surface area contributed by atoms with Gasteiger partial charge in [0.2, 0.25) is 5.91 Å². The molecule has 4 heteroatoms. The van der Waals surface area contributed by atoms with Crippen molar-refractivity contribution in [1.29, 1.82) is 0 Å². The highest BCUT2D eigenvalue weighted by Crippen LogP contribution is 2.47. The molecular formula is C16H27ClN2O. The van der Waals surface area contributed by atoms with Crippen molar-refractivity contribution in [3.63, 3.8) is 0 Å². The van der Waals surface area contributed by atoms with Gasteiger partial charge < -0.3 is 10.2 Å². The van der Waals surface area contributed by atoms with Gasteiger partial charge in [0, 0.05) is 18.5 Å². The molecule has 3 aliphatic heterocycles. The van der Waals surface area contributed by atoms with Crippen molar-refractivity contribution in [3.05, 3.63) is 0 Å². The second kappa shape index (κ2) is 5.84. The molecule has 0 aromatic carbocycles. The average molecular weight is 299 g/mol. The molecule has 0 spiro atoms. The van der Waals surface area contributed by atoms with Crippen molar-refractivity contribution in [1.82, 2.24) is 10.2 Å². The molecule has 2 saturated carbocycles. The number of hydrogen-bond acceptors (Lipinski definition) is 2. The first-order valence-electron chi connectivity index (χ1n) is 8.31. The average Bonchev–Trinajstić information content (AvgIpc) is 2.63. The predicted octanol–water partition coefficient (Wildman–Crippen LogP) is 2.44. The topological polar surface area (TPSA) is 32.3 Å². The Bertz CT molecular complexity index is 355. The molecule has 2 atom stereocenters. The van der Waals surface area contributed by atoms with Crippen molar-refractivity contribution in [2.75, 3.05) is 19.6 Å². The van der Waals surface area contributed by atoms with Crippen molar-refractivity contribution in [3.8, 4) is 0 Å². The minimum atomic E-state index is 0. The fourth-order valence-corrected chi connectivity index (χ4v) is 5.36. The van der Waals surface area contributed by atoms with Crippen LogP contribution >= 0.6 is 12.4 Å². The molecule has 0 radical (unpaired) electrons.